The third-order valence-corrected chi connectivity index (χ3v) is 2.51. The molecule has 0 aliphatic rings. The molecule has 0 radical (unpaired) electrons. The summed E-state index contributed by atoms with van der Waals surface area (Å²) in [7, 11) is 0. The van der Waals surface area contributed by atoms with E-state index < -0.39 is 29.4 Å². The third-order valence-electron chi connectivity index (χ3n) is 2.51. The Kier molecular flexibility index (Phi) is 5.69. The summed E-state index contributed by atoms with van der Waals surface area (Å²) in [5, 5.41) is 3.04. The first kappa shape index (κ1) is 15.4. The van der Waals surface area contributed by atoms with E-state index in [0.717, 1.165) is 13.0 Å². The van der Waals surface area contributed by atoms with Gasteiger partial charge in [-0.25, -0.2) is 8.78 Å². The Labute approximate surface area is 110 Å². The van der Waals surface area contributed by atoms with E-state index in [-0.39, 0.29) is 0 Å². The molecule has 1 atom stereocenters. The van der Waals surface area contributed by atoms with Crippen molar-refractivity contribution in [2.24, 2.45) is 5.73 Å². The molecule has 6 heteroatoms. The molecule has 0 aliphatic heterocycles. The molecular formula is C13H18F2N2O2. The van der Waals surface area contributed by atoms with Gasteiger partial charge in [0.05, 0.1) is 0 Å². The van der Waals surface area contributed by atoms with E-state index in [9.17, 15) is 13.6 Å². The Morgan fingerprint density at radius 3 is 2.47 bits per heavy atom. The molecule has 0 fully saturated rings. The highest BCUT2D eigenvalue weighted by molar-refractivity contribution is 5.78. The number of hydrogen-bond donors (Lipinski definition) is 2. The average molecular weight is 272 g/mol. The van der Waals surface area contributed by atoms with E-state index in [1.54, 1.807) is 0 Å². The van der Waals surface area contributed by atoms with E-state index in [4.69, 9.17) is 10.5 Å². The number of hydrogen-bond acceptors (Lipinski definition) is 3. The zero-order valence-corrected chi connectivity index (χ0v) is 11.0. The number of ether oxygens (including phenoxy) is 1. The van der Waals surface area contributed by atoms with Gasteiger partial charge in [0.1, 0.15) is 0 Å². The monoisotopic (exact) mass is 272 g/mol. The molecule has 1 unspecified atom stereocenters. The smallest absolute Gasteiger partial charge is 0.258 e. The summed E-state index contributed by atoms with van der Waals surface area (Å²) in [5.74, 6) is -3.05. The lowest BCUT2D eigenvalue weighted by Gasteiger charge is -2.14. The molecular weight excluding hydrogens is 254 g/mol. The van der Waals surface area contributed by atoms with Gasteiger partial charge >= 0.3 is 0 Å². The molecule has 4 nitrogen and oxygen atoms in total. The first-order valence-corrected chi connectivity index (χ1v) is 6.10. The third kappa shape index (κ3) is 4.48. The molecule has 3 N–H and O–H groups in total. The van der Waals surface area contributed by atoms with Crippen LogP contribution < -0.4 is 15.8 Å². The Morgan fingerprint density at radius 1 is 1.42 bits per heavy atom. The Balaban J connectivity index is 2.82. The summed E-state index contributed by atoms with van der Waals surface area (Å²) in [6.07, 6.45) is -0.157. The molecule has 1 amide bonds. The van der Waals surface area contributed by atoms with Crippen molar-refractivity contribution >= 4 is 5.91 Å². The van der Waals surface area contributed by atoms with E-state index in [0.29, 0.717) is 12.1 Å². The maximum atomic E-state index is 13.7. The molecule has 19 heavy (non-hydrogen) atoms. The second-order valence-corrected chi connectivity index (χ2v) is 4.23. The Hall–Kier alpha value is -1.69. The van der Waals surface area contributed by atoms with Crippen LogP contribution in [0.4, 0.5) is 8.78 Å². The molecule has 0 spiro atoms. The van der Waals surface area contributed by atoms with Gasteiger partial charge in [-0.15, -0.1) is 0 Å². The van der Waals surface area contributed by atoms with Crippen molar-refractivity contribution in [1.29, 1.82) is 0 Å². The van der Waals surface area contributed by atoms with Crippen molar-refractivity contribution in [2.75, 3.05) is 6.54 Å². The van der Waals surface area contributed by atoms with Crippen LogP contribution in [0, 0.1) is 11.6 Å². The lowest BCUT2D eigenvalue weighted by molar-refractivity contribution is -0.124. The van der Waals surface area contributed by atoms with Gasteiger partial charge < -0.3 is 15.8 Å². The van der Waals surface area contributed by atoms with Crippen LogP contribution in [0.5, 0.6) is 5.75 Å². The summed E-state index contributed by atoms with van der Waals surface area (Å²) >= 11 is 0. The lowest BCUT2D eigenvalue weighted by Crippen LogP contribution is -2.31. The fourth-order valence-corrected chi connectivity index (χ4v) is 1.47. The number of primary amides is 1. The number of benzene rings is 1. The van der Waals surface area contributed by atoms with Crippen molar-refractivity contribution in [3.8, 4) is 5.75 Å². The largest absolute Gasteiger partial charge is 0.475 e. The van der Waals surface area contributed by atoms with Crippen molar-refractivity contribution in [2.45, 2.75) is 32.9 Å². The van der Waals surface area contributed by atoms with Crippen molar-refractivity contribution in [1.82, 2.24) is 5.32 Å². The molecule has 1 rings (SSSR count). The van der Waals surface area contributed by atoms with Crippen LogP contribution in [-0.2, 0) is 11.3 Å². The highest BCUT2D eigenvalue weighted by atomic mass is 19.1. The zero-order chi connectivity index (χ0) is 14.4. The van der Waals surface area contributed by atoms with Gasteiger partial charge in [-0.2, -0.15) is 0 Å². The number of nitrogens with two attached hydrogens (primary N) is 1. The maximum Gasteiger partial charge on any atom is 0.258 e. The average Bonchev–Trinajstić information content (AvgIpc) is 2.33. The van der Waals surface area contributed by atoms with Gasteiger partial charge in [0.15, 0.2) is 23.5 Å². The molecule has 0 heterocycles. The van der Waals surface area contributed by atoms with Crippen LogP contribution in [0.15, 0.2) is 12.1 Å². The van der Waals surface area contributed by atoms with Gasteiger partial charge in [-0.05, 0) is 37.6 Å². The normalized spacial score (nSPS) is 12.2. The molecule has 1 aromatic carbocycles. The fraction of sp³-hybridized carbons (Fsp3) is 0.462. The standard InChI is InChI=1S/C13H18F2N2O2/c1-3-4-17-7-9-5-10(14)12(11(15)6-9)19-8(2)13(16)18/h5-6,8,17H,3-4,7H2,1-2H3,(H2,16,18). The summed E-state index contributed by atoms with van der Waals surface area (Å²) < 4.78 is 32.3. The quantitative estimate of drug-likeness (QED) is 0.743. The number of rotatable bonds is 7. The Morgan fingerprint density at radius 2 is 2.00 bits per heavy atom. The van der Waals surface area contributed by atoms with Crippen LogP contribution in [0.2, 0.25) is 0 Å². The van der Waals surface area contributed by atoms with Crippen LogP contribution in [0.3, 0.4) is 0 Å². The highest BCUT2D eigenvalue weighted by Crippen LogP contribution is 2.24. The predicted octanol–water partition coefficient (Wildman–Crippen LogP) is 1.72. The minimum absolute atomic E-state index is 0.368. The van der Waals surface area contributed by atoms with Gasteiger partial charge in [0.25, 0.3) is 5.91 Å². The van der Waals surface area contributed by atoms with Crippen molar-refractivity contribution < 1.29 is 18.3 Å². The summed E-state index contributed by atoms with van der Waals surface area (Å²) in [6.45, 7) is 4.46. The number of carbonyl (C=O) groups excluding carboxylic acids is 1. The molecule has 0 saturated heterocycles. The summed E-state index contributed by atoms with van der Waals surface area (Å²) in [4.78, 5) is 10.8. The van der Waals surface area contributed by atoms with E-state index in [2.05, 4.69) is 5.32 Å². The molecule has 0 saturated carbocycles. The van der Waals surface area contributed by atoms with Crippen LogP contribution >= 0.6 is 0 Å². The summed E-state index contributed by atoms with van der Waals surface area (Å²) in [5.41, 5.74) is 5.45. The molecule has 0 aromatic heterocycles. The second kappa shape index (κ2) is 7.04. The van der Waals surface area contributed by atoms with Gasteiger partial charge in [-0.3, -0.25) is 4.79 Å². The predicted molar refractivity (Wildman–Crippen MR) is 67.6 cm³/mol. The van der Waals surface area contributed by atoms with Crippen molar-refractivity contribution in [3.63, 3.8) is 0 Å². The molecule has 0 bridgehead atoms. The minimum atomic E-state index is -1.09. The number of halogens is 2. The second-order valence-electron chi connectivity index (χ2n) is 4.23. The van der Waals surface area contributed by atoms with E-state index in [1.165, 1.54) is 19.1 Å². The van der Waals surface area contributed by atoms with Crippen LogP contribution in [0.1, 0.15) is 25.8 Å². The first-order chi connectivity index (χ1) is 8.95. The first-order valence-electron chi connectivity index (χ1n) is 6.10. The Bertz CT molecular complexity index is 429. The minimum Gasteiger partial charge on any atom is -0.475 e. The topological polar surface area (TPSA) is 64.3 Å². The molecule has 1 aromatic rings. The number of carbonyl (C=O) groups is 1. The molecule has 0 aliphatic carbocycles. The highest BCUT2D eigenvalue weighted by Gasteiger charge is 2.18. The van der Waals surface area contributed by atoms with E-state index in [1.807, 2.05) is 6.92 Å². The lowest BCUT2D eigenvalue weighted by atomic mass is 10.2. The summed E-state index contributed by atoms with van der Waals surface area (Å²) in [6, 6.07) is 2.35. The molecule has 106 valence electrons. The number of amides is 1. The van der Waals surface area contributed by atoms with E-state index >= 15 is 0 Å². The van der Waals surface area contributed by atoms with Crippen LogP contribution in [-0.4, -0.2) is 18.6 Å². The fourth-order valence-electron chi connectivity index (χ4n) is 1.47. The maximum absolute atomic E-state index is 13.7. The van der Waals surface area contributed by atoms with Gasteiger partial charge in [-0.1, -0.05) is 6.92 Å². The SMILES string of the molecule is CCCNCc1cc(F)c(OC(C)C(N)=O)c(F)c1. The van der Waals surface area contributed by atoms with Gasteiger partial charge in [0.2, 0.25) is 0 Å². The van der Waals surface area contributed by atoms with Crippen molar-refractivity contribution in [3.05, 3.63) is 29.3 Å². The van der Waals surface area contributed by atoms with Gasteiger partial charge in [0, 0.05) is 6.54 Å². The van der Waals surface area contributed by atoms with Crippen LogP contribution in [0.25, 0.3) is 0 Å². The number of nitrogens with one attached hydrogen (secondary N) is 1. The zero-order valence-electron chi connectivity index (χ0n) is 11.0.